The van der Waals surface area contributed by atoms with Crippen LogP contribution in [0.15, 0.2) is 54.6 Å². The zero-order valence-electron chi connectivity index (χ0n) is 17.4. The van der Waals surface area contributed by atoms with Crippen LogP contribution in [0.1, 0.15) is 38.1 Å². The lowest BCUT2D eigenvalue weighted by Gasteiger charge is -2.34. The number of anilines is 1. The number of hydrogen-bond donors (Lipinski definition) is 2. The molecule has 31 heavy (non-hydrogen) atoms. The van der Waals surface area contributed by atoms with Gasteiger partial charge in [0.25, 0.3) is 5.91 Å². The van der Waals surface area contributed by atoms with Gasteiger partial charge in [-0.3, -0.25) is 14.7 Å². The van der Waals surface area contributed by atoms with Crippen LogP contribution in [-0.4, -0.2) is 45.0 Å². The van der Waals surface area contributed by atoms with Crippen LogP contribution < -0.4 is 10.1 Å². The summed E-state index contributed by atoms with van der Waals surface area (Å²) in [5.74, 6) is 1.65. The van der Waals surface area contributed by atoms with Gasteiger partial charge in [0.1, 0.15) is 11.6 Å². The van der Waals surface area contributed by atoms with Crippen LogP contribution in [0.4, 0.5) is 5.69 Å². The molecule has 160 valence electrons. The van der Waals surface area contributed by atoms with E-state index in [9.17, 15) is 9.59 Å². The summed E-state index contributed by atoms with van der Waals surface area (Å²) < 4.78 is 5.65. The van der Waals surface area contributed by atoms with E-state index >= 15 is 0 Å². The van der Waals surface area contributed by atoms with E-state index in [1.165, 1.54) is 6.92 Å². The first-order valence-corrected chi connectivity index (χ1v) is 10.4. The van der Waals surface area contributed by atoms with Gasteiger partial charge >= 0.3 is 0 Å². The molecule has 0 bridgehead atoms. The number of piperidine rings is 1. The van der Waals surface area contributed by atoms with Crippen LogP contribution in [0.3, 0.4) is 0 Å². The number of hydrogen-bond acceptors (Lipinski definition) is 5. The molecule has 1 aliphatic heterocycles. The Morgan fingerprint density at radius 1 is 1.16 bits per heavy atom. The van der Waals surface area contributed by atoms with E-state index in [1.54, 1.807) is 0 Å². The first kappa shape index (κ1) is 20.6. The van der Waals surface area contributed by atoms with Crippen molar-refractivity contribution in [2.75, 3.05) is 18.5 Å². The fourth-order valence-electron chi connectivity index (χ4n) is 3.75. The summed E-state index contributed by atoms with van der Waals surface area (Å²) in [6, 6.07) is 16.5. The quantitative estimate of drug-likeness (QED) is 0.636. The van der Waals surface area contributed by atoms with Crippen molar-refractivity contribution in [1.29, 1.82) is 0 Å². The molecule has 4 rings (SSSR count). The Hall–Kier alpha value is -3.68. The van der Waals surface area contributed by atoms with Crippen molar-refractivity contribution >= 4 is 17.5 Å². The lowest BCUT2D eigenvalue weighted by Crippen LogP contribution is -2.41. The smallest absolute Gasteiger partial charge is 0.261 e. The monoisotopic (exact) mass is 419 g/mol. The van der Waals surface area contributed by atoms with Crippen LogP contribution in [-0.2, 0) is 9.59 Å². The Morgan fingerprint density at radius 3 is 2.81 bits per heavy atom. The predicted molar refractivity (Wildman–Crippen MR) is 116 cm³/mol. The maximum Gasteiger partial charge on any atom is 0.261 e. The molecule has 0 saturated carbocycles. The van der Waals surface area contributed by atoms with Crippen molar-refractivity contribution in [3.05, 3.63) is 60.4 Å². The maximum absolute atomic E-state index is 12.9. The van der Waals surface area contributed by atoms with Crippen LogP contribution in [0.5, 0.6) is 5.75 Å². The highest BCUT2D eigenvalue weighted by Crippen LogP contribution is 2.30. The minimum absolute atomic E-state index is 0.0136. The third kappa shape index (κ3) is 5.09. The fourth-order valence-corrected chi connectivity index (χ4v) is 3.75. The highest BCUT2D eigenvalue weighted by Gasteiger charge is 2.30. The van der Waals surface area contributed by atoms with Crippen molar-refractivity contribution < 1.29 is 14.3 Å². The Labute approximate surface area is 180 Å². The Kier molecular flexibility index (Phi) is 6.26. The Morgan fingerprint density at radius 2 is 2.00 bits per heavy atom. The standard InChI is InChI=1S/C23H25N5O3/c1-16(29)24-18-9-7-8-17(14-18)22-25-23(27-26-22)20-12-5-6-13-28(20)21(30)15-31-19-10-3-2-4-11-19/h2-4,7-11,14,20H,5-6,12-13,15H2,1H3,(H,24,29)(H,25,26,27). The number of aromatic nitrogens is 3. The molecule has 2 amide bonds. The Bertz CT molecular complexity index is 1050. The van der Waals surface area contributed by atoms with E-state index in [0.29, 0.717) is 29.6 Å². The molecule has 0 spiro atoms. The highest BCUT2D eigenvalue weighted by atomic mass is 16.5. The average molecular weight is 419 g/mol. The molecule has 1 fully saturated rings. The maximum atomic E-state index is 12.9. The van der Waals surface area contributed by atoms with Crippen molar-refractivity contribution in [2.24, 2.45) is 0 Å². The van der Waals surface area contributed by atoms with Crippen LogP contribution in [0.25, 0.3) is 11.4 Å². The van der Waals surface area contributed by atoms with E-state index in [0.717, 1.165) is 24.8 Å². The molecule has 2 N–H and O–H groups in total. The molecule has 8 heteroatoms. The van der Waals surface area contributed by atoms with Gasteiger partial charge in [-0.15, -0.1) is 0 Å². The SMILES string of the molecule is CC(=O)Nc1cccc(-c2n[nH]c(C3CCCCN3C(=O)COc3ccccc3)n2)c1. The number of rotatable bonds is 6. The normalized spacial score (nSPS) is 16.0. The molecule has 0 aliphatic carbocycles. The highest BCUT2D eigenvalue weighted by molar-refractivity contribution is 5.89. The largest absolute Gasteiger partial charge is 0.484 e. The van der Waals surface area contributed by atoms with Crippen molar-refractivity contribution in [3.8, 4) is 17.1 Å². The third-order valence-electron chi connectivity index (χ3n) is 5.19. The van der Waals surface area contributed by atoms with Gasteiger partial charge in [0.2, 0.25) is 5.91 Å². The number of para-hydroxylation sites is 1. The molecule has 8 nitrogen and oxygen atoms in total. The zero-order chi connectivity index (χ0) is 21.6. The van der Waals surface area contributed by atoms with Crippen LogP contribution in [0, 0.1) is 0 Å². The molecule has 2 aromatic carbocycles. The van der Waals surface area contributed by atoms with Gasteiger partial charge in [-0.2, -0.15) is 5.10 Å². The number of carbonyl (C=O) groups excluding carboxylic acids is 2. The van der Waals surface area contributed by atoms with E-state index in [1.807, 2.05) is 59.5 Å². The van der Waals surface area contributed by atoms with Gasteiger partial charge in [0, 0.05) is 24.7 Å². The summed E-state index contributed by atoms with van der Waals surface area (Å²) in [6.45, 7) is 2.11. The number of likely N-dealkylation sites (tertiary alicyclic amines) is 1. The molecule has 0 radical (unpaired) electrons. The molecular weight excluding hydrogens is 394 g/mol. The van der Waals surface area contributed by atoms with Crippen LogP contribution >= 0.6 is 0 Å². The molecule has 3 aromatic rings. The first-order chi connectivity index (χ1) is 15.1. The number of ether oxygens (including phenoxy) is 1. The van der Waals surface area contributed by atoms with E-state index in [-0.39, 0.29) is 24.5 Å². The third-order valence-corrected chi connectivity index (χ3v) is 5.19. The average Bonchev–Trinajstić information content (AvgIpc) is 3.28. The number of nitrogens with zero attached hydrogens (tertiary/aromatic N) is 3. The second-order valence-corrected chi connectivity index (χ2v) is 7.51. The molecule has 1 aromatic heterocycles. The number of H-pyrrole nitrogens is 1. The molecule has 1 unspecified atom stereocenters. The summed E-state index contributed by atoms with van der Waals surface area (Å²) in [5.41, 5.74) is 1.47. The predicted octanol–water partition coefficient (Wildman–Crippen LogP) is 3.56. The summed E-state index contributed by atoms with van der Waals surface area (Å²) in [7, 11) is 0. The molecule has 1 saturated heterocycles. The molecule has 2 heterocycles. The van der Waals surface area contributed by atoms with Crippen molar-refractivity contribution in [1.82, 2.24) is 20.1 Å². The van der Waals surface area contributed by atoms with Gasteiger partial charge in [-0.25, -0.2) is 4.98 Å². The van der Waals surface area contributed by atoms with Gasteiger partial charge in [0.05, 0.1) is 6.04 Å². The second kappa shape index (κ2) is 9.42. The van der Waals surface area contributed by atoms with E-state index in [4.69, 9.17) is 4.74 Å². The van der Waals surface area contributed by atoms with E-state index in [2.05, 4.69) is 20.5 Å². The topological polar surface area (TPSA) is 100 Å². The Balaban J connectivity index is 1.48. The van der Waals surface area contributed by atoms with Crippen LogP contribution in [0.2, 0.25) is 0 Å². The van der Waals surface area contributed by atoms with Gasteiger partial charge < -0.3 is 15.0 Å². The number of nitrogens with one attached hydrogen (secondary N) is 2. The molecule has 1 aliphatic rings. The summed E-state index contributed by atoms with van der Waals surface area (Å²) in [4.78, 5) is 30.7. The lowest BCUT2D eigenvalue weighted by molar-refractivity contribution is -0.137. The zero-order valence-corrected chi connectivity index (χ0v) is 17.4. The summed E-state index contributed by atoms with van der Waals surface area (Å²) in [5, 5.41) is 10.1. The first-order valence-electron chi connectivity index (χ1n) is 10.4. The van der Waals surface area contributed by atoms with Gasteiger partial charge in [-0.05, 0) is 43.5 Å². The number of amides is 2. The van der Waals surface area contributed by atoms with Gasteiger partial charge in [-0.1, -0.05) is 30.3 Å². The summed E-state index contributed by atoms with van der Waals surface area (Å²) >= 11 is 0. The van der Waals surface area contributed by atoms with Crippen molar-refractivity contribution in [2.45, 2.75) is 32.2 Å². The number of benzene rings is 2. The molecular formula is C23H25N5O3. The minimum Gasteiger partial charge on any atom is -0.484 e. The number of carbonyl (C=O) groups is 2. The second-order valence-electron chi connectivity index (χ2n) is 7.51. The lowest BCUT2D eigenvalue weighted by atomic mass is 10.0. The fraction of sp³-hybridized carbons (Fsp3) is 0.304. The van der Waals surface area contributed by atoms with Crippen molar-refractivity contribution in [3.63, 3.8) is 0 Å². The summed E-state index contributed by atoms with van der Waals surface area (Å²) in [6.07, 6.45) is 2.78. The van der Waals surface area contributed by atoms with Gasteiger partial charge in [0.15, 0.2) is 12.4 Å². The minimum atomic E-state index is -0.166. The number of aromatic amines is 1. The molecule has 1 atom stereocenters. The van der Waals surface area contributed by atoms with E-state index < -0.39 is 0 Å².